The highest BCUT2D eigenvalue weighted by atomic mass is 35.5. The van der Waals surface area contributed by atoms with Crippen molar-refractivity contribution in [3.05, 3.63) is 101 Å². The largest absolute Gasteiger partial charge is 0.424 e. The van der Waals surface area contributed by atoms with Crippen LogP contribution in [0.4, 0.5) is 4.39 Å². The van der Waals surface area contributed by atoms with Crippen LogP contribution in [-0.4, -0.2) is 16.3 Å². The van der Waals surface area contributed by atoms with Gasteiger partial charge in [-0.15, -0.1) is 0 Å². The van der Waals surface area contributed by atoms with Gasteiger partial charge in [0.25, 0.3) is 5.24 Å². The van der Waals surface area contributed by atoms with Crippen LogP contribution in [-0.2, 0) is 10.4 Å². The molecule has 0 spiro atoms. The molecule has 6 heteroatoms. The minimum Gasteiger partial charge on any atom is -0.424 e. The van der Waals surface area contributed by atoms with Crippen LogP contribution in [0.3, 0.4) is 0 Å². The molecular weight excluding hydrogens is 371 g/mol. The standard InChI is InChI=1S/C21H14ClFO4/c22-19(24)17-12-11-16(13-18(17)23)27-20(25)21(26,14-7-3-1-4-8-14)15-9-5-2-6-10-15/h1-13,26H. The van der Waals surface area contributed by atoms with Gasteiger partial charge in [0, 0.05) is 6.07 Å². The van der Waals surface area contributed by atoms with E-state index in [1.165, 1.54) is 6.07 Å². The SMILES string of the molecule is O=C(Cl)c1ccc(OC(=O)C(O)(c2ccccc2)c2ccccc2)cc1F. The lowest BCUT2D eigenvalue weighted by molar-refractivity contribution is -0.152. The first-order chi connectivity index (χ1) is 12.9. The Morgan fingerprint density at radius 3 is 1.85 bits per heavy atom. The molecule has 0 atom stereocenters. The zero-order valence-corrected chi connectivity index (χ0v) is 14.7. The summed E-state index contributed by atoms with van der Waals surface area (Å²) in [6.07, 6.45) is 0. The molecule has 3 aromatic carbocycles. The Balaban J connectivity index is 2.00. The minimum atomic E-state index is -2.10. The van der Waals surface area contributed by atoms with E-state index in [2.05, 4.69) is 0 Å². The van der Waals surface area contributed by atoms with Crippen molar-refractivity contribution in [1.29, 1.82) is 0 Å². The van der Waals surface area contributed by atoms with Gasteiger partial charge in [-0.05, 0) is 34.9 Å². The zero-order chi connectivity index (χ0) is 19.4. The number of carbonyl (C=O) groups is 2. The van der Waals surface area contributed by atoms with Crippen LogP contribution in [0.1, 0.15) is 21.5 Å². The lowest BCUT2D eigenvalue weighted by Crippen LogP contribution is -2.40. The predicted molar refractivity (Wildman–Crippen MR) is 98.1 cm³/mol. The highest BCUT2D eigenvalue weighted by molar-refractivity contribution is 6.67. The van der Waals surface area contributed by atoms with Crippen molar-refractivity contribution in [2.24, 2.45) is 0 Å². The Labute approximate surface area is 159 Å². The van der Waals surface area contributed by atoms with Gasteiger partial charge >= 0.3 is 5.97 Å². The van der Waals surface area contributed by atoms with Crippen LogP contribution in [0.25, 0.3) is 0 Å². The average molecular weight is 385 g/mol. The first kappa shape index (κ1) is 18.8. The van der Waals surface area contributed by atoms with Crippen molar-refractivity contribution >= 4 is 22.8 Å². The molecule has 0 radical (unpaired) electrons. The third kappa shape index (κ3) is 3.74. The van der Waals surface area contributed by atoms with E-state index in [0.29, 0.717) is 11.1 Å². The van der Waals surface area contributed by atoms with Crippen molar-refractivity contribution in [2.75, 3.05) is 0 Å². The lowest BCUT2D eigenvalue weighted by atomic mass is 9.86. The normalized spacial score (nSPS) is 11.1. The van der Waals surface area contributed by atoms with E-state index in [1.807, 2.05) is 0 Å². The Bertz CT molecular complexity index is 934. The maximum atomic E-state index is 13.9. The maximum absolute atomic E-state index is 13.9. The quantitative estimate of drug-likeness (QED) is 0.409. The van der Waals surface area contributed by atoms with E-state index in [-0.39, 0.29) is 11.3 Å². The van der Waals surface area contributed by atoms with Gasteiger partial charge in [0.05, 0.1) is 5.56 Å². The first-order valence-corrected chi connectivity index (χ1v) is 8.36. The molecular formula is C21H14ClFO4. The summed E-state index contributed by atoms with van der Waals surface area (Å²) in [5.41, 5.74) is -1.83. The summed E-state index contributed by atoms with van der Waals surface area (Å²) in [5, 5.41) is 10.3. The first-order valence-electron chi connectivity index (χ1n) is 7.98. The molecule has 0 aliphatic carbocycles. The van der Waals surface area contributed by atoms with E-state index in [9.17, 15) is 19.1 Å². The molecule has 136 valence electrons. The Morgan fingerprint density at radius 2 is 1.41 bits per heavy atom. The molecule has 0 aliphatic heterocycles. The third-order valence-electron chi connectivity index (χ3n) is 4.04. The van der Waals surface area contributed by atoms with Crippen LogP contribution in [0, 0.1) is 5.82 Å². The topological polar surface area (TPSA) is 63.6 Å². The predicted octanol–water partition coefficient (Wildman–Crippen LogP) is 4.05. The van der Waals surface area contributed by atoms with Gasteiger partial charge in [0.1, 0.15) is 11.6 Å². The van der Waals surface area contributed by atoms with E-state index in [4.69, 9.17) is 16.3 Å². The molecule has 0 saturated heterocycles. The van der Waals surface area contributed by atoms with Crippen molar-refractivity contribution in [2.45, 2.75) is 5.60 Å². The molecule has 3 aromatic rings. The van der Waals surface area contributed by atoms with Gasteiger partial charge in [-0.2, -0.15) is 0 Å². The fourth-order valence-electron chi connectivity index (χ4n) is 2.66. The Hall–Kier alpha value is -3.02. The number of aliphatic hydroxyl groups is 1. The molecule has 3 rings (SSSR count). The van der Waals surface area contributed by atoms with Crippen LogP contribution in [0.2, 0.25) is 0 Å². The lowest BCUT2D eigenvalue weighted by Gasteiger charge is -2.27. The van der Waals surface area contributed by atoms with Gasteiger partial charge in [-0.1, -0.05) is 60.7 Å². The number of ether oxygens (including phenoxy) is 1. The average Bonchev–Trinajstić information content (AvgIpc) is 2.68. The number of carbonyl (C=O) groups excluding carboxylic acids is 2. The Kier molecular flexibility index (Phi) is 5.35. The molecule has 0 heterocycles. The van der Waals surface area contributed by atoms with Crippen LogP contribution < -0.4 is 4.74 Å². The monoisotopic (exact) mass is 384 g/mol. The third-order valence-corrected chi connectivity index (χ3v) is 4.24. The molecule has 0 bridgehead atoms. The second-order valence-corrected chi connectivity index (χ2v) is 6.09. The summed E-state index contributed by atoms with van der Waals surface area (Å²) in [4.78, 5) is 24.0. The molecule has 0 fully saturated rings. The fraction of sp³-hybridized carbons (Fsp3) is 0.0476. The molecule has 0 aliphatic rings. The van der Waals surface area contributed by atoms with Crippen LogP contribution in [0.15, 0.2) is 78.9 Å². The van der Waals surface area contributed by atoms with Gasteiger partial charge in [0.15, 0.2) is 0 Å². The number of hydrogen-bond acceptors (Lipinski definition) is 4. The summed E-state index contributed by atoms with van der Waals surface area (Å²) < 4.78 is 19.2. The summed E-state index contributed by atoms with van der Waals surface area (Å²) in [7, 11) is 0. The summed E-state index contributed by atoms with van der Waals surface area (Å²) >= 11 is 5.27. The summed E-state index contributed by atoms with van der Waals surface area (Å²) in [6.45, 7) is 0. The van der Waals surface area contributed by atoms with Crippen molar-refractivity contribution in [3.63, 3.8) is 0 Å². The number of benzene rings is 3. The molecule has 0 unspecified atom stereocenters. The van der Waals surface area contributed by atoms with Crippen molar-refractivity contribution < 1.29 is 23.8 Å². The molecule has 0 amide bonds. The number of esters is 1. The molecule has 27 heavy (non-hydrogen) atoms. The van der Waals surface area contributed by atoms with Gasteiger partial charge in [-0.3, -0.25) is 4.79 Å². The maximum Gasteiger partial charge on any atom is 0.353 e. The molecule has 4 nitrogen and oxygen atoms in total. The second kappa shape index (κ2) is 7.70. The summed E-state index contributed by atoms with van der Waals surface area (Å²) in [6, 6.07) is 19.8. The van der Waals surface area contributed by atoms with Crippen LogP contribution in [0.5, 0.6) is 5.75 Å². The van der Waals surface area contributed by atoms with E-state index >= 15 is 0 Å². The zero-order valence-electron chi connectivity index (χ0n) is 13.9. The molecule has 1 N–H and O–H groups in total. The second-order valence-electron chi connectivity index (χ2n) is 5.75. The number of hydrogen-bond donors (Lipinski definition) is 1. The van der Waals surface area contributed by atoms with E-state index < -0.39 is 22.6 Å². The molecule has 0 saturated carbocycles. The van der Waals surface area contributed by atoms with E-state index in [1.54, 1.807) is 60.7 Å². The van der Waals surface area contributed by atoms with Gasteiger partial charge in [0.2, 0.25) is 5.60 Å². The fourth-order valence-corrected chi connectivity index (χ4v) is 2.81. The summed E-state index contributed by atoms with van der Waals surface area (Å²) in [5.74, 6) is -2.10. The minimum absolute atomic E-state index is 0.163. The Morgan fingerprint density at radius 1 is 0.889 bits per heavy atom. The highest BCUT2D eigenvalue weighted by Crippen LogP contribution is 2.32. The highest BCUT2D eigenvalue weighted by Gasteiger charge is 2.42. The molecule has 0 aromatic heterocycles. The van der Waals surface area contributed by atoms with Crippen molar-refractivity contribution in [3.8, 4) is 5.75 Å². The van der Waals surface area contributed by atoms with E-state index in [0.717, 1.165) is 12.1 Å². The van der Waals surface area contributed by atoms with Gasteiger partial charge in [-0.25, -0.2) is 9.18 Å². The van der Waals surface area contributed by atoms with Crippen molar-refractivity contribution in [1.82, 2.24) is 0 Å². The number of halogens is 2. The van der Waals surface area contributed by atoms with Gasteiger partial charge < -0.3 is 9.84 Å². The van der Waals surface area contributed by atoms with Crippen LogP contribution >= 0.6 is 11.6 Å². The number of rotatable bonds is 5. The smallest absolute Gasteiger partial charge is 0.353 e.